The number of fused-ring (bicyclic) bond motifs is 3. The number of aromatic amines is 1. The van der Waals surface area contributed by atoms with E-state index < -0.39 is 0 Å². The van der Waals surface area contributed by atoms with Crippen LogP contribution in [0.3, 0.4) is 0 Å². The molecule has 1 aliphatic rings. The highest BCUT2D eigenvalue weighted by Crippen LogP contribution is 2.29. The van der Waals surface area contributed by atoms with Crippen molar-refractivity contribution in [1.82, 2.24) is 10.4 Å². The molecule has 1 aliphatic carbocycles. The average Bonchev–Trinajstić information content (AvgIpc) is 3.05. The van der Waals surface area contributed by atoms with Crippen LogP contribution in [-0.4, -0.2) is 23.7 Å². The molecular weight excluding hydrogens is 314 g/mol. The van der Waals surface area contributed by atoms with Gasteiger partial charge >= 0.3 is 0 Å². The number of nitrogens with zero attached hydrogens (tertiary/aromatic N) is 1. The number of amides is 1. The van der Waals surface area contributed by atoms with E-state index in [0.29, 0.717) is 5.56 Å². The largest absolute Gasteiger partial charge is 0.497 e. The number of hydrazone groups is 1. The molecule has 0 saturated heterocycles. The Bertz CT molecular complexity index is 955. The molecule has 0 unspecified atom stereocenters. The number of nitrogens with one attached hydrogen (secondary N) is 2. The first-order valence-corrected chi connectivity index (χ1v) is 8.37. The fourth-order valence-corrected chi connectivity index (χ4v) is 3.30. The predicted molar refractivity (Wildman–Crippen MR) is 98.2 cm³/mol. The monoisotopic (exact) mass is 333 g/mol. The molecule has 0 aliphatic heterocycles. The number of benzene rings is 2. The van der Waals surface area contributed by atoms with E-state index in [1.165, 1.54) is 10.9 Å². The lowest BCUT2D eigenvalue weighted by Crippen LogP contribution is -2.22. The van der Waals surface area contributed by atoms with Crippen LogP contribution in [0.2, 0.25) is 0 Å². The Balaban J connectivity index is 1.59. The van der Waals surface area contributed by atoms with E-state index in [4.69, 9.17) is 4.74 Å². The molecule has 0 atom stereocenters. The molecule has 2 N–H and O–H groups in total. The van der Waals surface area contributed by atoms with Crippen LogP contribution in [-0.2, 0) is 6.42 Å². The van der Waals surface area contributed by atoms with Gasteiger partial charge in [0.1, 0.15) is 5.75 Å². The second kappa shape index (κ2) is 6.43. The highest BCUT2D eigenvalue weighted by Gasteiger charge is 2.20. The van der Waals surface area contributed by atoms with Crippen molar-refractivity contribution in [3.63, 3.8) is 0 Å². The minimum atomic E-state index is -0.224. The third-order valence-corrected chi connectivity index (χ3v) is 4.59. The second-order valence-corrected chi connectivity index (χ2v) is 6.11. The first-order valence-electron chi connectivity index (χ1n) is 8.37. The highest BCUT2D eigenvalue weighted by molar-refractivity contribution is 6.07. The van der Waals surface area contributed by atoms with Crippen LogP contribution in [0.4, 0.5) is 0 Å². The summed E-state index contributed by atoms with van der Waals surface area (Å²) in [5.74, 6) is 0.497. The summed E-state index contributed by atoms with van der Waals surface area (Å²) >= 11 is 0. The van der Waals surface area contributed by atoms with E-state index in [1.54, 1.807) is 31.4 Å². The Morgan fingerprint density at radius 1 is 1.12 bits per heavy atom. The molecule has 0 spiro atoms. The third-order valence-electron chi connectivity index (χ3n) is 4.59. The van der Waals surface area contributed by atoms with Gasteiger partial charge < -0.3 is 9.72 Å². The van der Waals surface area contributed by atoms with Crippen molar-refractivity contribution >= 4 is 22.5 Å². The first kappa shape index (κ1) is 15.4. The average molecular weight is 333 g/mol. The molecule has 0 saturated carbocycles. The number of carbonyl (C=O) groups is 1. The van der Waals surface area contributed by atoms with Gasteiger partial charge in [-0.15, -0.1) is 0 Å². The van der Waals surface area contributed by atoms with E-state index in [0.717, 1.165) is 41.9 Å². The normalized spacial score (nSPS) is 15.2. The number of aryl methyl sites for hydroxylation is 1. The van der Waals surface area contributed by atoms with E-state index in [2.05, 4.69) is 27.6 Å². The topological polar surface area (TPSA) is 66.5 Å². The van der Waals surface area contributed by atoms with Crippen LogP contribution in [0.25, 0.3) is 10.9 Å². The molecule has 5 nitrogen and oxygen atoms in total. The maximum atomic E-state index is 12.3. The molecule has 25 heavy (non-hydrogen) atoms. The standard InChI is InChI=1S/C20H19N3O2/c1-25-14-11-9-13(10-12-14)20(24)23-22-18-8-4-6-16-15-5-2-3-7-17(15)21-19(16)18/h2-3,5,7,9-12,21H,4,6,8H2,1H3,(H,23,24)/b22-18+. The van der Waals surface area contributed by atoms with Crippen LogP contribution in [0.5, 0.6) is 5.75 Å². The number of hydrogen-bond acceptors (Lipinski definition) is 3. The zero-order valence-electron chi connectivity index (χ0n) is 14.0. The summed E-state index contributed by atoms with van der Waals surface area (Å²) in [6.07, 6.45) is 2.92. The first-order chi connectivity index (χ1) is 12.3. The number of carbonyl (C=O) groups excluding carboxylic acids is 1. The van der Waals surface area contributed by atoms with Gasteiger partial charge in [0.05, 0.1) is 18.5 Å². The van der Waals surface area contributed by atoms with Crippen LogP contribution < -0.4 is 10.2 Å². The fraction of sp³-hybridized carbons (Fsp3) is 0.200. The minimum absolute atomic E-state index is 0.224. The summed E-state index contributed by atoms with van der Waals surface area (Å²) in [4.78, 5) is 15.7. The summed E-state index contributed by atoms with van der Waals surface area (Å²) in [7, 11) is 1.60. The van der Waals surface area contributed by atoms with Gasteiger partial charge in [0.25, 0.3) is 5.91 Å². The van der Waals surface area contributed by atoms with Crippen molar-refractivity contribution < 1.29 is 9.53 Å². The molecule has 1 heterocycles. The lowest BCUT2D eigenvalue weighted by molar-refractivity contribution is 0.0954. The number of ether oxygens (including phenoxy) is 1. The number of H-pyrrole nitrogens is 1. The fourth-order valence-electron chi connectivity index (χ4n) is 3.30. The maximum Gasteiger partial charge on any atom is 0.271 e. The molecule has 3 aromatic rings. The van der Waals surface area contributed by atoms with Crippen molar-refractivity contribution in [3.8, 4) is 5.75 Å². The van der Waals surface area contributed by atoms with Gasteiger partial charge in [-0.1, -0.05) is 18.2 Å². The van der Waals surface area contributed by atoms with Crippen molar-refractivity contribution in [2.24, 2.45) is 5.10 Å². The molecular formula is C20H19N3O2. The Kier molecular flexibility index (Phi) is 3.98. The van der Waals surface area contributed by atoms with Gasteiger partial charge in [-0.3, -0.25) is 4.79 Å². The molecule has 0 radical (unpaired) electrons. The summed E-state index contributed by atoms with van der Waals surface area (Å²) in [6, 6.07) is 15.2. The zero-order valence-corrected chi connectivity index (χ0v) is 14.0. The molecule has 126 valence electrons. The van der Waals surface area contributed by atoms with E-state index in [-0.39, 0.29) is 5.91 Å². The SMILES string of the molecule is COc1ccc(C(=O)N/N=C2\CCCc3c2[nH]c2ccccc32)cc1. The van der Waals surface area contributed by atoms with Crippen molar-refractivity contribution in [2.75, 3.05) is 7.11 Å². The number of methoxy groups -OCH3 is 1. The smallest absolute Gasteiger partial charge is 0.271 e. The van der Waals surface area contributed by atoms with Gasteiger partial charge in [-0.05, 0) is 55.2 Å². The molecule has 2 aromatic carbocycles. The Hall–Kier alpha value is -3.08. The van der Waals surface area contributed by atoms with Crippen molar-refractivity contribution in [3.05, 3.63) is 65.4 Å². The lowest BCUT2D eigenvalue weighted by atomic mass is 9.94. The Labute approximate surface area is 145 Å². The number of para-hydroxylation sites is 1. The number of rotatable bonds is 3. The number of aromatic nitrogens is 1. The van der Waals surface area contributed by atoms with Gasteiger partial charge in [0.15, 0.2) is 0 Å². The molecule has 5 heteroatoms. The zero-order chi connectivity index (χ0) is 17.2. The molecule has 0 fully saturated rings. The summed E-state index contributed by atoms with van der Waals surface area (Å²) in [5, 5.41) is 5.64. The van der Waals surface area contributed by atoms with E-state index >= 15 is 0 Å². The molecule has 0 bridgehead atoms. The molecule has 1 amide bonds. The summed E-state index contributed by atoms with van der Waals surface area (Å²) in [6.45, 7) is 0. The Morgan fingerprint density at radius 3 is 2.72 bits per heavy atom. The van der Waals surface area contributed by atoms with Crippen molar-refractivity contribution in [2.45, 2.75) is 19.3 Å². The second-order valence-electron chi connectivity index (χ2n) is 6.11. The molecule has 4 rings (SSSR count). The maximum absolute atomic E-state index is 12.3. The quantitative estimate of drug-likeness (QED) is 0.719. The van der Waals surface area contributed by atoms with Gasteiger partial charge in [0, 0.05) is 16.5 Å². The summed E-state index contributed by atoms with van der Waals surface area (Å²) < 4.78 is 5.11. The number of hydrogen-bond donors (Lipinski definition) is 2. The van der Waals surface area contributed by atoms with Gasteiger partial charge in [0.2, 0.25) is 0 Å². The lowest BCUT2D eigenvalue weighted by Gasteiger charge is -2.14. The predicted octanol–water partition coefficient (Wildman–Crippen LogP) is 3.65. The van der Waals surface area contributed by atoms with Crippen LogP contribution >= 0.6 is 0 Å². The van der Waals surface area contributed by atoms with E-state index in [1.807, 2.05) is 12.1 Å². The minimum Gasteiger partial charge on any atom is -0.497 e. The van der Waals surface area contributed by atoms with Gasteiger partial charge in [-0.25, -0.2) is 5.43 Å². The van der Waals surface area contributed by atoms with Crippen molar-refractivity contribution in [1.29, 1.82) is 0 Å². The van der Waals surface area contributed by atoms with Gasteiger partial charge in [-0.2, -0.15) is 5.10 Å². The summed E-state index contributed by atoms with van der Waals surface area (Å²) in [5.41, 5.74) is 7.58. The van der Waals surface area contributed by atoms with Crippen LogP contribution in [0.1, 0.15) is 34.5 Å². The highest BCUT2D eigenvalue weighted by atomic mass is 16.5. The Morgan fingerprint density at radius 2 is 1.92 bits per heavy atom. The van der Waals surface area contributed by atoms with Crippen LogP contribution in [0.15, 0.2) is 53.6 Å². The van der Waals surface area contributed by atoms with E-state index in [9.17, 15) is 4.79 Å². The molecule has 1 aromatic heterocycles. The van der Waals surface area contributed by atoms with Crippen LogP contribution in [0, 0.1) is 0 Å². The third kappa shape index (κ3) is 2.89.